The van der Waals surface area contributed by atoms with Crippen molar-refractivity contribution in [2.24, 2.45) is 7.05 Å². The summed E-state index contributed by atoms with van der Waals surface area (Å²) in [6.07, 6.45) is -0.272. The van der Waals surface area contributed by atoms with Crippen molar-refractivity contribution in [3.8, 4) is 17.3 Å². The molecule has 1 aromatic carbocycles. The molecule has 0 aliphatic carbocycles. The highest BCUT2D eigenvalue weighted by atomic mass is 32.2. The lowest BCUT2D eigenvalue weighted by Crippen LogP contribution is -2.13. The third-order valence-electron chi connectivity index (χ3n) is 4.03. The summed E-state index contributed by atoms with van der Waals surface area (Å²) in [4.78, 5) is 27.8. The van der Waals surface area contributed by atoms with Crippen LogP contribution in [0.15, 0.2) is 29.4 Å². The molecule has 3 rings (SSSR count). The van der Waals surface area contributed by atoms with E-state index in [0.717, 1.165) is 0 Å². The monoisotopic (exact) mass is 418 g/mol. The van der Waals surface area contributed by atoms with Crippen LogP contribution in [0.1, 0.15) is 13.3 Å². The summed E-state index contributed by atoms with van der Waals surface area (Å²) in [6, 6.07) is 5.91. The number of halogens is 1. The van der Waals surface area contributed by atoms with Gasteiger partial charge in [0, 0.05) is 18.5 Å². The maximum atomic E-state index is 13.5. The van der Waals surface area contributed by atoms with Gasteiger partial charge in [0.1, 0.15) is 23.7 Å². The second-order valence-electron chi connectivity index (χ2n) is 6.05. The lowest BCUT2D eigenvalue weighted by Gasteiger charge is -2.09. The van der Waals surface area contributed by atoms with Gasteiger partial charge >= 0.3 is 5.97 Å². The molecule has 0 bridgehead atoms. The highest BCUT2D eigenvalue weighted by Gasteiger charge is 2.17. The van der Waals surface area contributed by atoms with Gasteiger partial charge in [0.25, 0.3) is 0 Å². The minimum atomic E-state index is -0.541. The largest absolute Gasteiger partial charge is 0.496 e. The second-order valence-corrected chi connectivity index (χ2v) is 6.99. The number of Topliss-reactive ketones (excluding diaryl/α,β-unsaturated/α-hetero) is 1. The Morgan fingerprint density at radius 1 is 1.24 bits per heavy atom. The SMILES string of the molecule is CCOC(=O)CC(=O)CSc1nnc(-c2cc(OC)c3cc(F)ccc3n2)n1C. The van der Waals surface area contributed by atoms with Crippen LogP contribution in [0.25, 0.3) is 22.4 Å². The number of ether oxygens (including phenoxy) is 2. The number of methoxy groups -OCH3 is 1. The number of rotatable bonds is 8. The van der Waals surface area contributed by atoms with Crippen LogP contribution >= 0.6 is 11.8 Å². The number of benzene rings is 1. The van der Waals surface area contributed by atoms with Gasteiger partial charge in [-0.05, 0) is 25.1 Å². The molecule has 0 spiro atoms. The van der Waals surface area contributed by atoms with Gasteiger partial charge in [0.2, 0.25) is 0 Å². The summed E-state index contributed by atoms with van der Waals surface area (Å²) in [7, 11) is 3.24. The Morgan fingerprint density at radius 2 is 2.03 bits per heavy atom. The fourth-order valence-electron chi connectivity index (χ4n) is 2.68. The molecule has 10 heteroatoms. The topological polar surface area (TPSA) is 96.2 Å². The number of pyridine rings is 1. The maximum Gasteiger partial charge on any atom is 0.313 e. The van der Waals surface area contributed by atoms with Crippen molar-refractivity contribution in [1.82, 2.24) is 19.7 Å². The van der Waals surface area contributed by atoms with E-state index >= 15 is 0 Å². The van der Waals surface area contributed by atoms with Crippen molar-refractivity contribution < 1.29 is 23.5 Å². The van der Waals surface area contributed by atoms with Crippen LogP contribution in [0.2, 0.25) is 0 Å². The van der Waals surface area contributed by atoms with E-state index in [0.29, 0.717) is 33.3 Å². The Morgan fingerprint density at radius 3 is 2.76 bits per heavy atom. The van der Waals surface area contributed by atoms with E-state index in [1.165, 1.54) is 31.0 Å². The molecule has 0 unspecified atom stereocenters. The molecule has 0 saturated carbocycles. The van der Waals surface area contributed by atoms with Crippen molar-refractivity contribution in [3.05, 3.63) is 30.1 Å². The van der Waals surface area contributed by atoms with E-state index in [-0.39, 0.29) is 30.4 Å². The first kappa shape index (κ1) is 20.7. The molecule has 0 aliphatic heterocycles. The van der Waals surface area contributed by atoms with Crippen molar-refractivity contribution >= 4 is 34.4 Å². The zero-order chi connectivity index (χ0) is 21.0. The maximum absolute atomic E-state index is 13.5. The van der Waals surface area contributed by atoms with E-state index in [1.54, 1.807) is 30.7 Å². The quantitative estimate of drug-likeness (QED) is 0.313. The third-order valence-corrected chi connectivity index (χ3v) is 5.11. The van der Waals surface area contributed by atoms with Crippen molar-refractivity contribution in [2.75, 3.05) is 19.5 Å². The van der Waals surface area contributed by atoms with Crippen LogP contribution in [-0.4, -0.2) is 51.0 Å². The number of hydrogen-bond donors (Lipinski definition) is 0. The molecule has 29 heavy (non-hydrogen) atoms. The first-order chi connectivity index (χ1) is 13.9. The summed E-state index contributed by atoms with van der Waals surface area (Å²) in [5.74, 6) is -0.180. The average Bonchev–Trinajstić information content (AvgIpc) is 3.06. The number of hydrogen-bond acceptors (Lipinski definition) is 8. The predicted octanol–water partition coefficient (Wildman–Crippen LogP) is 2.79. The van der Waals surface area contributed by atoms with Crippen molar-refractivity contribution in [1.29, 1.82) is 0 Å². The molecule has 8 nitrogen and oxygen atoms in total. The number of fused-ring (bicyclic) bond motifs is 1. The molecule has 2 heterocycles. The Bertz CT molecular complexity index is 1070. The molecule has 0 amide bonds. The fourth-order valence-corrected chi connectivity index (χ4v) is 3.45. The Hall–Kier alpha value is -3.01. The van der Waals surface area contributed by atoms with Gasteiger partial charge in [0.15, 0.2) is 16.8 Å². The summed E-state index contributed by atoms with van der Waals surface area (Å²) < 4.78 is 25.4. The second kappa shape index (κ2) is 8.99. The van der Waals surface area contributed by atoms with E-state index in [9.17, 15) is 14.0 Å². The highest BCUT2D eigenvalue weighted by molar-refractivity contribution is 7.99. The number of nitrogens with zero attached hydrogens (tertiary/aromatic N) is 4. The molecule has 0 N–H and O–H groups in total. The first-order valence-electron chi connectivity index (χ1n) is 8.77. The molecule has 152 valence electrons. The standard InChI is InChI=1S/C19H19FN4O4S/c1-4-28-17(26)8-12(25)10-29-19-23-22-18(24(19)2)15-9-16(27-3)13-7-11(20)5-6-14(13)21-15/h5-7,9H,4,8,10H2,1-3H3. The summed E-state index contributed by atoms with van der Waals surface area (Å²) in [5.41, 5.74) is 1.06. The number of ketones is 1. The van der Waals surface area contributed by atoms with Gasteiger partial charge in [-0.25, -0.2) is 9.37 Å². The number of carbonyl (C=O) groups is 2. The predicted molar refractivity (Wildman–Crippen MR) is 105 cm³/mol. The minimum Gasteiger partial charge on any atom is -0.496 e. The van der Waals surface area contributed by atoms with E-state index in [2.05, 4.69) is 15.2 Å². The lowest BCUT2D eigenvalue weighted by molar-refractivity contribution is -0.145. The molecule has 0 aliphatic rings. The lowest BCUT2D eigenvalue weighted by atomic mass is 10.1. The van der Waals surface area contributed by atoms with Gasteiger partial charge in [-0.1, -0.05) is 11.8 Å². The summed E-state index contributed by atoms with van der Waals surface area (Å²) in [5, 5.41) is 9.30. The Kier molecular flexibility index (Phi) is 6.42. The zero-order valence-electron chi connectivity index (χ0n) is 16.1. The number of carbonyl (C=O) groups excluding carboxylic acids is 2. The van der Waals surface area contributed by atoms with Gasteiger partial charge in [-0.3, -0.25) is 9.59 Å². The molecular weight excluding hydrogens is 399 g/mol. The zero-order valence-corrected chi connectivity index (χ0v) is 17.0. The number of thioether (sulfide) groups is 1. The summed E-state index contributed by atoms with van der Waals surface area (Å²) in [6.45, 7) is 1.92. The molecule has 2 aromatic heterocycles. The van der Waals surface area contributed by atoms with Crippen LogP contribution in [0, 0.1) is 5.82 Å². The normalized spacial score (nSPS) is 10.9. The average molecular weight is 418 g/mol. The molecule has 0 atom stereocenters. The minimum absolute atomic E-state index is 0.0680. The van der Waals surface area contributed by atoms with Crippen molar-refractivity contribution in [3.63, 3.8) is 0 Å². The Balaban J connectivity index is 1.81. The third kappa shape index (κ3) is 4.70. The van der Waals surface area contributed by atoms with Crippen LogP contribution in [0.5, 0.6) is 5.75 Å². The first-order valence-corrected chi connectivity index (χ1v) is 9.75. The smallest absolute Gasteiger partial charge is 0.313 e. The van der Waals surface area contributed by atoms with Gasteiger partial charge in [-0.15, -0.1) is 10.2 Å². The molecule has 0 radical (unpaired) electrons. The van der Waals surface area contributed by atoms with Gasteiger partial charge < -0.3 is 14.0 Å². The van der Waals surface area contributed by atoms with E-state index in [4.69, 9.17) is 9.47 Å². The molecule has 3 aromatic rings. The molecule has 0 saturated heterocycles. The Labute approximate surface area is 170 Å². The number of esters is 1. The van der Waals surface area contributed by atoms with Crippen LogP contribution in [0.4, 0.5) is 4.39 Å². The number of aromatic nitrogens is 4. The van der Waals surface area contributed by atoms with Gasteiger partial charge in [0.05, 0.1) is 25.0 Å². The highest BCUT2D eigenvalue weighted by Crippen LogP contribution is 2.30. The van der Waals surface area contributed by atoms with Crippen LogP contribution in [-0.2, 0) is 21.4 Å². The molecule has 0 fully saturated rings. The molecular formula is C19H19FN4O4S. The van der Waals surface area contributed by atoms with Gasteiger partial charge in [-0.2, -0.15) is 0 Å². The van der Waals surface area contributed by atoms with E-state index in [1.807, 2.05) is 0 Å². The van der Waals surface area contributed by atoms with E-state index < -0.39 is 5.97 Å². The van der Waals surface area contributed by atoms with Crippen LogP contribution in [0.3, 0.4) is 0 Å². The van der Waals surface area contributed by atoms with Crippen LogP contribution < -0.4 is 4.74 Å². The fraction of sp³-hybridized carbons (Fsp3) is 0.316. The van der Waals surface area contributed by atoms with Crippen molar-refractivity contribution in [2.45, 2.75) is 18.5 Å². The summed E-state index contributed by atoms with van der Waals surface area (Å²) >= 11 is 1.17.